The number of carbonyl (C=O) groups excluding carboxylic acids is 4. The molecule has 0 unspecified atom stereocenters. The fraction of sp³-hybridized carbons (Fsp3) is 0.444. The Kier molecular flexibility index (Phi) is 4.67. The molecule has 0 aromatic heterocycles. The van der Waals surface area contributed by atoms with Gasteiger partial charge in [0.15, 0.2) is 6.61 Å². The minimum Gasteiger partial charge on any atom is -0.454 e. The summed E-state index contributed by atoms with van der Waals surface area (Å²) in [5, 5.41) is 5.29. The highest BCUT2D eigenvalue weighted by Gasteiger charge is 2.56. The van der Waals surface area contributed by atoms with Crippen molar-refractivity contribution in [2.45, 2.75) is 32.2 Å². The average Bonchev–Trinajstić information content (AvgIpc) is 3.41. The SMILES string of the molecule is Cc1ccccc1NC(=O)COC(=O)CN1C(=O)N[C@@](C)(C2CC2)C1=O. The number of imide groups is 1. The zero-order chi connectivity index (χ0) is 18.9. The first kappa shape index (κ1) is 17.9. The number of hydrogen-bond acceptors (Lipinski definition) is 5. The largest absolute Gasteiger partial charge is 0.454 e. The van der Waals surface area contributed by atoms with Crippen molar-refractivity contribution in [3.8, 4) is 0 Å². The van der Waals surface area contributed by atoms with Gasteiger partial charge in [-0.2, -0.15) is 0 Å². The van der Waals surface area contributed by atoms with E-state index in [1.165, 1.54) is 0 Å². The van der Waals surface area contributed by atoms with Gasteiger partial charge in [0.1, 0.15) is 12.1 Å². The smallest absolute Gasteiger partial charge is 0.326 e. The van der Waals surface area contributed by atoms with Crippen molar-refractivity contribution in [2.24, 2.45) is 5.92 Å². The normalized spacial score (nSPS) is 22.2. The summed E-state index contributed by atoms with van der Waals surface area (Å²) in [4.78, 5) is 49.1. The van der Waals surface area contributed by atoms with Crippen molar-refractivity contribution in [1.82, 2.24) is 10.2 Å². The lowest BCUT2D eigenvalue weighted by Crippen LogP contribution is -2.46. The van der Waals surface area contributed by atoms with Crippen LogP contribution >= 0.6 is 0 Å². The predicted octanol–water partition coefficient (Wildman–Crippen LogP) is 1.20. The number of amides is 4. The summed E-state index contributed by atoms with van der Waals surface area (Å²) in [6, 6.07) is 6.60. The van der Waals surface area contributed by atoms with Gasteiger partial charge in [0.2, 0.25) is 0 Å². The molecular weight excluding hydrogens is 338 g/mol. The van der Waals surface area contributed by atoms with Crippen LogP contribution < -0.4 is 10.6 Å². The maximum absolute atomic E-state index is 12.4. The molecule has 8 heteroatoms. The van der Waals surface area contributed by atoms with E-state index >= 15 is 0 Å². The topological polar surface area (TPSA) is 105 Å². The van der Waals surface area contributed by atoms with Crippen molar-refractivity contribution in [3.63, 3.8) is 0 Å². The first-order valence-electron chi connectivity index (χ1n) is 8.46. The van der Waals surface area contributed by atoms with Crippen LogP contribution in [0.5, 0.6) is 0 Å². The number of nitrogens with zero attached hydrogens (tertiary/aromatic N) is 1. The Labute approximate surface area is 150 Å². The lowest BCUT2D eigenvalue weighted by molar-refractivity contribution is -0.150. The molecule has 1 aromatic carbocycles. The van der Waals surface area contributed by atoms with Crippen molar-refractivity contribution in [3.05, 3.63) is 29.8 Å². The fourth-order valence-electron chi connectivity index (χ4n) is 3.02. The summed E-state index contributed by atoms with van der Waals surface area (Å²) < 4.78 is 4.89. The third-order valence-electron chi connectivity index (χ3n) is 4.77. The molecule has 1 aliphatic carbocycles. The number of para-hydroxylation sites is 1. The Bertz CT molecular complexity index is 774. The molecule has 1 saturated heterocycles. The van der Waals surface area contributed by atoms with Gasteiger partial charge in [-0.1, -0.05) is 18.2 Å². The summed E-state index contributed by atoms with van der Waals surface area (Å²) in [6.45, 7) is 2.52. The van der Waals surface area contributed by atoms with Crippen molar-refractivity contribution >= 4 is 29.5 Å². The minimum atomic E-state index is -0.945. The number of rotatable bonds is 6. The Hall–Kier alpha value is -2.90. The molecule has 1 heterocycles. The number of urea groups is 1. The Morgan fingerprint density at radius 1 is 1.31 bits per heavy atom. The van der Waals surface area contributed by atoms with E-state index in [4.69, 9.17) is 4.74 Å². The molecule has 0 spiro atoms. The van der Waals surface area contributed by atoms with Gasteiger partial charge in [-0.05, 0) is 44.2 Å². The number of esters is 1. The standard InChI is InChI=1S/C18H21N3O5/c1-11-5-3-4-6-13(11)19-14(22)10-26-15(23)9-21-16(24)18(2,12-7-8-12)20-17(21)25/h3-6,12H,7-10H2,1-2H3,(H,19,22)(H,20,25)/t18-/m0/s1. The number of benzene rings is 1. The first-order chi connectivity index (χ1) is 12.3. The third kappa shape index (κ3) is 3.54. The van der Waals surface area contributed by atoms with Gasteiger partial charge < -0.3 is 15.4 Å². The quantitative estimate of drug-likeness (QED) is 0.586. The number of nitrogens with one attached hydrogen (secondary N) is 2. The fourth-order valence-corrected chi connectivity index (χ4v) is 3.02. The van der Waals surface area contributed by atoms with E-state index in [1.54, 1.807) is 19.1 Å². The lowest BCUT2D eigenvalue weighted by Gasteiger charge is -2.20. The van der Waals surface area contributed by atoms with E-state index in [2.05, 4.69) is 10.6 Å². The van der Waals surface area contributed by atoms with Crippen LogP contribution in [0.2, 0.25) is 0 Å². The molecule has 138 valence electrons. The van der Waals surface area contributed by atoms with Gasteiger partial charge in [-0.3, -0.25) is 19.3 Å². The van der Waals surface area contributed by atoms with Crippen LogP contribution in [0.25, 0.3) is 0 Å². The zero-order valence-electron chi connectivity index (χ0n) is 14.7. The minimum absolute atomic E-state index is 0.111. The van der Waals surface area contributed by atoms with E-state index in [0.717, 1.165) is 23.3 Å². The highest BCUT2D eigenvalue weighted by atomic mass is 16.5. The molecule has 2 N–H and O–H groups in total. The van der Waals surface area contributed by atoms with Crippen LogP contribution in [0, 0.1) is 12.8 Å². The van der Waals surface area contributed by atoms with Crippen LogP contribution in [-0.4, -0.2) is 47.4 Å². The number of hydrogen-bond donors (Lipinski definition) is 2. The second kappa shape index (κ2) is 6.78. The van der Waals surface area contributed by atoms with E-state index in [9.17, 15) is 19.2 Å². The van der Waals surface area contributed by atoms with Gasteiger partial charge in [0.25, 0.3) is 11.8 Å². The van der Waals surface area contributed by atoms with E-state index in [-0.39, 0.29) is 5.92 Å². The third-order valence-corrected chi connectivity index (χ3v) is 4.77. The molecule has 1 aliphatic heterocycles. The van der Waals surface area contributed by atoms with Gasteiger partial charge in [-0.25, -0.2) is 4.79 Å². The average molecular weight is 359 g/mol. The highest BCUT2D eigenvalue weighted by molar-refractivity contribution is 6.09. The molecule has 3 rings (SSSR count). The molecular formula is C18H21N3O5. The molecule has 2 fully saturated rings. The van der Waals surface area contributed by atoms with E-state index < -0.39 is 42.5 Å². The van der Waals surface area contributed by atoms with Gasteiger partial charge in [0.05, 0.1) is 0 Å². The summed E-state index contributed by atoms with van der Waals surface area (Å²) in [6.07, 6.45) is 1.75. The Morgan fingerprint density at radius 2 is 2.00 bits per heavy atom. The Balaban J connectivity index is 1.50. The molecule has 1 atom stereocenters. The van der Waals surface area contributed by atoms with Crippen LogP contribution in [0.1, 0.15) is 25.3 Å². The summed E-state index contributed by atoms with van der Waals surface area (Å²) in [7, 11) is 0. The van der Waals surface area contributed by atoms with Gasteiger partial charge >= 0.3 is 12.0 Å². The van der Waals surface area contributed by atoms with E-state index in [1.807, 2.05) is 19.1 Å². The number of carbonyl (C=O) groups is 4. The van der Waals surface area contributed by atoms with E-state index in [0.29, 0.717) is 5.69 Å². The van der Waals surface area contributed by atoms with Gasteiger partial charge in [-0.15, -0.1) is 0 Å². The first-order valence-corrected chi connectivity index (χ1v) is 8.46. The maximum atomic E-state index is 12.4. The number of anilines is 1. The van der Waals surface area contributed by atoms with Crippen LogP contribution in [0.3, 0.4) is 0 Å². The molecule has 1 saturated carbocycles. The molecule has 1 aromatic rings. The monoisotopic (exact) mass is 359 g/mol. The van der Waals surface area contributed by atoms with Crippen molar-refractivity contribution in [2.75, 3.05) is 18.5 Å². The molecule has 4 amide bonds. The summed E-state index contributed by atoms with van der Waals surface area (Å²) in [5.41, 5.74) is 0.563. The zero-order valence-corrected chi connectivity index (χ0v) is 14.7. The molecule has 8 nitrogen and oxygen atoms in total. The van der Waals surface area contributed by atoms with Gasteiger partial charge in [0, 0.05) is 5.69 Å². The van der Waals surface area contributed by atoms with Crippen LogP contribution in [0.15, 0.2) is 24.3 Å². The molecule has 0 radical (unpaired) electrons. The molecule has 2 aliphatic rings. The molecule has 0 bridgehead atoms. The number of ether oxygens (including phenoxy) is 1. The highest BCUT2D eigenvalue weighted by Crippen LogP contribution is 2.42. The number of aryl methyl sites for hydroxylation is 1. The second-order valence-electron chi connectivity index (χ2n) is 6.82. The molecule has 26 heavy (non-hydrogen) atoms. The van der Waals surface area contributed by atoms with Crippen molar-refractivity contribution in [1.29, 1.82) is 0 Å². The maximum Gasteiger partial charge on any atom is 0.326 e. The summed E-state index contributed by atoms with van der Waals surface area (Å²) >= 11 is 0. The van der Waals surface area contributed by atoms with Crippen LogP contribution in [-0.2, 0) is 19.1 Å². The van der Waals surface area contributed by atoms with Crippen molar-refractivity contribution < 1.29 is 23.9 Å². The lowest BCUT2D eigenvalue weighted by atomic mass is 9.96. The van der Waals surface area contributed by atoms with Crippen LogP contribution in [0.4, 0.5) is 10.5 Å². The summed E-state index contributed by atoms with van der Waals surface area (Å²) in [5.74, 6) is -1.62. The predicted molar refractivity (Wildman–Crippen MR) is 92.1 cm³/mol. The second-order valence-corrected chi connectivity index (χ2v) is 6.82. The Morgan fingerprint density at radius 3 is 2.65 bits per heavy atom.